The molecular weight excluding hydrogens is 466 g/mol. The second-order valence-corrected chi connectivity index (χ2v) is 10.7. The van der Waals surface area contributed by atoms with E-state index in [1.165, 1.54) is 11.8 Å². The molecule has 2 aliphatic rings. The van der Waals surface area contributed by atoms with Crippen LogP contribution < -0.4 is 15.8 Å². The number of rotatable bonds is 7. The van der Waals surface area contributed by atoms with E-state index in [1.807, 2.05) is 12.1 Å². The highest BCUT2D eigenvalue weighted by atomic mass is 16.2. The van der Waals surface area contributed by atoms with Crippen LogP contribution in [0.25, 0.3) is 11.0 Å². The predicted octanol–water partition coefficient (Wildman–Crippen LogP) is 3.10. The maximum absolute atomic E-state index is 12.7. The zero-order chi connectivity index (χ0) is 26.2. The molecule has 2 saturated heterocycles. The van der Waals surface area contributed by atoms with Gasteiger partial charge in [0.25, 0.3) is 5.56 Å². The second-order valence-electron chi connectivity index (χ2n) is 10.7. The molecule has 5 rings (SSSR count). The minimum absolute atomic E-state index is 0.0394. The number of piperazine rings is 1. The van der Waals surface area contributed by atoms with Gasteiger partial charge in [-0.15, -0.1) is 0 Å². The number of carbonyl (C=O) groups excluding carboxylic acids is 1. The Balaban J connectivity index is 1.28. The van der Waals surface area contributed by atoms with Gasteiger partial charge in [-0.1, -0.05) is 6.58 Å². The van der Waals surface area contributed by atoms with Crippen molar-refractivity contribution in [2.75, 3.05) is 50.0 Å². The third-order valence-electron chi connectivity index (χ3n) is 7.73. The lowest BCUT2D eigenvalue weighted by molar-refractivity contribution is -0.132. The Hall–Kier alpha value is -3.72. The highest BCUT2D eigenvalue weighted by molar-refractivity contribution is 5.87. The Morgan fingerprint density at radius 3 is 2.62 bits per heavy atom. The molecule has 194 valence electrons. The van der Waals surface area contributed by atoms with Crippen LogP contribution in [-0.4, -0.2) is 75.6 Å². The van der Waals surface area contributed by atoms with Gasteiger partial charge in [-0.2, -0.15) is 4.98 Å². The van der Waals surface area contributed by atoms with Gasteiger partial charge in [-0.25, -0.2) is 4.98 Å². The number of hydrogen-bond donors (Lipinski definition) is 1. The van der Waals surface area contributed by atoms with Crippen molar-refractivity contribution in [2.45, 2.75) is 32.4 Å². The summed E-state index contributed by atoms with van der Waals surface area (Å²) in [5.74, 6) is 0.782. The first-order valence-electron chi connectivity index (χ1n) is 12.8. The first-order valence-corrected chi connectivity index (χ1v) is 12.8. The van der Waals surface area contributed by atoms with Crippen molar-refractivity contribution >= 4 is 34.3 Å². The van der Waals surface area contributed by atoms with Crippen LogP contribution in [0.1, 0.15) is 20.3 Å². The van der Waals surface area contributed by atoms with Crippen LogP contribution in [-0.2, 0) is 11.3 Å². The smallest absolute Gasteiger partial charge is 0.252 e. The van der Waals surface area contributed by atoms with Gasteiger partial charge in [-0.3, -0.25) is 19.1 Å². The molecule has 37 heavy (non-hydrogen) atoms. The van der Waals surface area contributed by atoms with Crippen LogP contribution in [0.15, 0.2) is 60.0 Å². The Morgan fingerprint density at radius 2 is 1.92 bits per heavy atom. The molecule has 9 heteroatoms. The van der Waals surface area contributed by atoms with Gasteiger partial charge in [0.2, 0.25) is 11.9 Å². The minimum atomic E-state index is -0.0880. The lowest BCUT2D eigenvalue weighted by atomic mass is 9.96. The second kappa shape index (κ2) is 9.97. The monoisotopic (exact) mass is 501 g/mol. The number of aryl methyl sites for hydroxylation is 1. The van der Waals surface area contributed by atoms with Crippen molar-refractivity contribution < 1.29 is 4.79 Å². The first kappa shape index (κ1) is 25.0. The summed E-state index contributed by atoms with van der Waals surface area (Å²) in [6.45, 7) is 13.0. The zero-order valence-electron chi connectivity index (χ0n) is 21.9. The molecule has 0 unspecified atom stereocenters. The number of nitrogens with zero attached hydrogens (tertiary/aromatic N) is 6. The lowest BCUT2D eigenvalue weighted by Crippen LogP contribution is -2.57. The Bertz CT molecular complexity index is 1360. The van der Waals surface area contributed by atoms with Gasteiger partial charge in [0.1, 0.15) is 5.65 Å². The van der Waals surface area contributed by atoms with Crippen molar-refractivity contribution in [3.05, 3.63) is 65.6 Å². The molecule has 2 aliphatic heterocycles. The summed E-state index contributed by atoms with van der Waals surface area (Å²) >= 11 is 0. The number of carbonyl (C=O) groups is 1. The molecule has 0 saturated carbocycles. The number of benzene rings is 1. The SMILES string of the molecule is C=CC(=O)N1CC(CCn2c(=O)ccc3cnc(Nc4ccc(N5CCN(C)C(C)(C)C5)cc4)nc32)C1. The molecule has 0 spiro atoms. The van der Waals surface area contributed by atoms with Gasteiger partial charge in [0.15, 0.2) is 0 Å². The van der Waals surface area contributed by atoms with Crippen molar-refractivity contribution in [3.63, 3.8) is 0 Å². The molecule has 2 fully saturated rings. The first-order chi connectivity index (χ1) is 17.7. The molecule has 3 aromatic rings. The Kier molecular flexibility index (Phi) is 6.72. The molecule has 0 radical (unpaired) electrons. The quantitative estimate of drug-likeness (QED) is 0.498. The van der Waals surface area contributed by atoms with E-state index in [2.05, 4.69) is 59.7 Å². The van der Waals surface area contributed by atoms with Gasteiger partial charge in [0, 0.05) is 73.8 Å². The normalized spacial score (nSPS) is 18.0. The standard InChI is InChI=1S/C28H35N7O2/c1-5-24(36)34-17-20(18-34)12-13-35-25(37)11-6-21-16-29-27(31-26(21)35)30-22-7-9-23(10-8-22)33-15-14-32(4)28(2,3)19-33/h5-11,16,20H,1,12-15,17-19H2,2-4H3,(H,29,30,31). The summed E-state index contributed by atoms with van der Waals surface area (Å²) in [5.41, 5.74) is 2.74. The number of fused-ring (bicyclic) bond motifs is 1. The molecule has 1 N–H and O–H groups in total. The average molecular weight is 502 g/mol. The number of pyridine rings is 1. The minimum Gasteiger partial charge on any atom is -0.368 e. The number of likely N-dealkylation sites (tertiary alicyclic amines) is 1. The van der Waals surface area contributed by atoms with Crippen molar-refractivity contribution in [1.29, 1.82) is 0 Å². The van der Waals surface area contributed by atoms with E-state index >= 15 is 0 Å². The summed E-state index contributed by atoms with van der Waals surface area (Å²) in [5, 5.41) is 4.11. The van der Waals surface area contributed by atoms with Crippen LogP contribution in [0.5, 0.6) is 0 Å². The third-order valence-corrected chi connectivity index (χ3v) is 7.73. The highest BCUT2D eigenvalue weighted by Crippen LogP contribution is 2.26. The van der Waals surface area contributed by atoms with Crippen LogP contribution >= 0.6 is 0 Å². The lowest BCUT2D eigenvalue weighted by Gasteiger charge is -2.46. The van der Waals surface area contributed by atoms with Gasteiger partial charge in [-0.05, 0) is 69.6 Å². The van der Waals surface area contributed by atoms with Crippen LogP contribution in [0.2, 0.25) is 0 Å². The van der Waals surface area contributed by atoms with Crippen molar-refractivity contribution in [1.82, 2.24) is 24.3 Å². The van der Waals surface area contributed by atoms with E-state index < -0.39 is 0 Å². The van der Waals surface area contributed by atoms with Crippen molar-refractivity contribution in [3.8, 4) is 0 Å². The van der Waals surface area contributed by atoms with Crippen LogP contribution in [0.3, 0.4) is 0 Å². The Labute approximate surface area is 217 Å². The number of hydrogen-bond acceptors (Lipinski definition) is 7. The summed E-state index contributed by atoms with van der Waals surface area (Å²) < 4.78 is 1.71. The van der Waals surface area contributed by atoms with Gasteiger partial charge in [0.05, 0.1) is 0 Å². The fourth-order valence-corrected chi connectivity index (χ4v) is 5.07. The number of likely N-dealkylation sites (N-methyl/N-ethyl adjacent to an activating group) is 1. The van der Waals surface area contributed by atoms with Crippen LogP contribution in [0, 0.1) is 5.92 Å². The molecule has 4 heterocycles. The summed E-state index contributed by atoms with van der Waals surface area (Å²) in [4.78, 5) is 40.1. The topological polar surface area (TPSA) is 86.6 Å². The van der Waals surface area contributed by atoms with E-state index in [-0.39, 0.29) is 17.0 Å². The summed E-state index contributed by atoms with van der Waals surface area (Å²) in [7, 11) is 2.18. The predicted molar refractivity (Wildman–Crippen MR) is 147 cm³/mol. The molecule has 0 bridgehead atoms. The molecule has 0 atom stereocenters. The number of nitrogens with one attached hydrogen (secondary N) is 1. The zero-order valence-corrected chi connectivity index (χ0v) is 21.9. The highest BCUT2D eigenvalue weighted by Gasteiger charge is 2.31. The van der Waals surface area contributed by atoms with Gasteiger partial charge < -0.3 is 15.1 Å². The maximum Gasteiger partial charge on any atom is 0.252 e. The Morgan fingerprint density at radius 1 is 1.16 bits per heavy atom. The molecular formula is C28H35N7O2. The van der Waals surface area contributed by atoms with E-state index in [9.17, 15) is 9.59 Å². The van der Waals surface area contributed by atoms with E-state index in [0.717, 1.165) is 37.1 Å². The molecule has 9 nitrogen and oxygen atoms in total. The van der Waals surface area contributed by atoms with Crippen molar-refractivity contribution in [2.24, 2.45) is 5.92 Å². The average Bonchev–Trinajstić information content (AvgIpc) is 2.86. The molecule has 0 aliphatic carbocycles. The van der Waals surface area contributed by atoms with Gasteiger partial charge >= 0.3 is 0 Å². The number of anilines is 3. The third kappa shape index (κ3) is 5.22. The number of aromatic nitrogens is 3. The van der Waals surface area contributed by atoms with Crippen LogP contribution in [0.4, 0.5) is 17.3 Å². The molecule has 1 aromatic carbocycles. The fourth-order valence-electron chi connectivity index (χ4n) is 5.07. The summed E-state index contributed by atoms with van der Waals surface area (Å²) in [6.07, 6.45) is 3.89. The molecule has 2 aromatic heterocycles. The van der Waals surface area contributed by atoms with E-state index in [1.54, 1.807) is 27.8 Å². The number of amides is 1. The summed E-state index contributed by atoms with van der Waals surface area (Å²) in [6, 6.07) is 11.7. The van der Waals surface area contributed by atoms with E-state index in [0.29, 0.717) is 37.1 Å². The largest absolute Gasteiger partial charge is 0.368 e. The fraction of sp³-hybridized carbons (Fsp3) is 0.429. The van der Waals surface area contributed by atoms with E-state index in [4.69, 9.17) is 4.98 Å². The molecule has 1 amide bonds. The maximum atomic E-state index is 12.7.